The van der Waals surface area contributed by atoms with E-state index in [0.717, 1.165) is 23.3 Å². The first-order chi connectivity index (χ1) is 15.7. The molecule has 1 N–H and O–H groups in total. The number of H-pyrrole nitrogens is 1. The molecule has 0 fully saturated rings. The van der Waals surface area contributed by atoms with Crippen molar-refractivity contribution in [1.82, 2.24) is 19.9 Å². The Balaban J connectivity index is 1.49. The molecule has 1 aliphatic heterocycles. The molecule has 4 heterocycles. The Morgan fingerprint density at radius 2 is 1.88 bits per heavy atom. The van der Waals surface area contributed by atoms with E-state index in [1.54, 1.807) is 35.4 Å². The Hall–Kier alpha value is -4.06. The average Bonchev–Trinajstić information content (AvgIpc) is 3.22. The quantitative estimate of drug-likeness (QED) is 0.434. The van der Waals surface area contributed by atoms with Crippen LogP contribution in [-0.4, -0.2) is 32.3 Å². The lowest BCUT2D eigenvalue weighted by molar-refractivity contribution is 0.0683. The molecule has 6 rings (SSSR count). The molecule has 0 spiro atoms. The van der Waals surface area contributed by atoms with E-state index in [4.69, 9.17) is 0 Å². The summed E-state index contributed by atoms with van der Waals surface area (Å²) in [6, 6.07) is 21.7. The number of nitrogens with one attached hydrogen (secondary N) is 1. The summed E-state index contributed by atoms with van der Waals surface area (Å²) in [5.74, 6) is -0.676. The molecule has 1 aliphatic rings. The number of amides is 1. The Kier molecular flexibility index (Phi) is 4.24. The molecule has 0 radical (unpaired) electrons. The molecule has 32 heavy (non-hydrogen) atoms. The normalized spacial score (nSPS) is 15.8. The van der Waals surface area contributed by atoms with Gasteiger partial charge in [-0.1, -0.05) is 42.5 Å². The number of pyridine rings is 2. The summed E-state index contributed by atoms with van der Waals surface area (Å²) in [6.45, 7) is 0.520. The zero-order valence-electron chi connectivity index (χ0n) is 17.1. The van der Waals surface area contributed by atoms with Gasteiger partial charge in [0.2, 0.25) is 0 Å². The van der Waals surface area contributed by atoms with Crippen LogP contribution in [0, 0.1) is 5.82 Å². The molecule has 0 unspecified atom stereocenters. The van der Waals surface area contributed by atoms with Crippen LogP contribution in [0.1, 0.15) is 33.5 Å². The second-order valence-electron chi connectivity index (χ2n) is 7.98. The third kappa shape index (κ3) is 2.87. The highest BCUT2D eigenvalue weighted by Crippen LogP contribution is 2.38. The van der Waals surface area contributed by atoms with Crippen molar-refractivity contribution in [3.63, 3.8) is 0 Å². The smallest absolute Gasteiger partial charge is 0.273 e. The zero-order valence-corrected chi connectivity index (χ0v) is 17.1. The summed E-state index contributed by atoms with van der Waals surface area (Å²) in [5, 5.41) is 1.83. The van der Waals surface area contributed by atoms with Gasteiger partial charge in [0, 0.05) is 34.7 Å². The van der Waals surface area contributed by atoms with Gasteiger partial charge in [0.05, 0.1) is 5.69 Å². The lowest BCUT2D eigenvalue weighted by Crippen LogP contribution is -2.41. The van der Waals surface area contributed by atoms with Crippen LogP contribution in [0.3, 0.4) is 0 Å². The van der Waals surface area contributed by atoms with Crippen LogP contribution >= 0.6 is 0 Å². The SMILES string of the molecule is O=C(c1ccc2cccc(F)c2n1)N1CCc2c([nH]c3ccccc23)[C@H]1c1ccccn1. The van der Waals surface area contributed by atoms with E-state index >= 15 is 0 Å². The number of carbonyl (C=O) groups excluding carboxylic acids is 1. The Morgan fingerprint density at radius 3 is 2.75 bits per heavy atom. The van der Waals surface area contributed by atoms with Crippen molar-refractivity contribution >= 4 is 27.7 Å². The van der Waals surface area contributed by atoms with Crippen molar-refractivity contribution < 1.29 is 9.18 Å². The van der Waals surface area contributed by atoms with Gasteiger partial charge in [-0.05, 0) is 42.3 Å². The van der Waals surface area contributed by atoms with Gasteiger partial charge in [-0.15, -0.1) is 0 Å². The van der Waals surface area contributed by atoms with Gasteiger partial charge in [-0.3, -0.25) is 9.78 Å². The summed E-state index contributed by atoms with van der Waals surface area (Å²) in [6.07, 6.45) is 2.45. The highest BCUT2D eigenvalue weighted by molar-refractivity contribution is 5.96. The Morgan fingerprint density at radius 1 is 1.00 bits per heavy atom. The fourth-order valence-electron chi connectivity index (χ4n) is 4.68. The van der Waals surface area contributed by atoms with E-state index in [1.165, 1.54) is 17.0 Å². The Labute approximate surface area is 183 Å². The molecule has 0 saturated carbocycles. The Bertz CT molecular complexity index is 1480. The number of benzene rings is 2. The number of aromatic nitrogens is 3. The maximum atomic E-state index is 14.3. The van der Waals surface area contributed by atoms with Gasteiger partial charge >= 0.3 is 0 Å². The van der Waals surface area contributed by atoms with E-state index in [-0.39, 0.29) is 23.2 Å². The monoisotopic (exact) mass is 422 g/mol. The molecule has 5 nitrogen and oxygen atoms in total. The predicted molar refractivity (Wildman–Crippen MR) is 121 cm³/mol. The van der Waals surface area contributed by atoms with Crippen molar-refractivity contribution in [1.29, 1.82) is 0 Å². The van der Waals surface area contributed by atoms with Crippen molar-refractivity contribution in [3.8, 4) is 0 Å². The number of aromatic amines is 1. The number of hydrogen-bond acceptors (Lipinski definition) is 3. The van der Waals surface area contributed by atoms with Crippen LogP contribution < -0.4 is 0 Å². The second kappa shape index (κ2) is 7.27. The maximum absolute atomic E-state index is 14.3. The molecule has 0 bridgehead atoms. The zero-order chi connectivity index (χ0) is 21.7. The number of rotatable bonds is 2. The minimum atomic E-state index is -0.435. The van der Waals surface area contributed by atoms with Crippen molar-refractivity contribution in [2.75, 3.05) is 6.54 Å². The molecular formula is C26H19FN4O. The molecule has 0 saturated heterocycles. The van der Waals surface area contributed by atoms with E-state index in [1.807, 2.05) is 36.4 Å². The maximum Gasteiger partial charge on any atom is 0.273 e. The average molecular weight is 422 g/mol. The molecule has 1 atom stereocenters. The van der Waals surface area contributed by atoms with Crippen LogP contribution in [0.15, 0.2) is 79.0 Å². The summed E-state index contributed by atoms with van der Waals surface area (Å²) >= 11 is 0. The number of para-hydroxylation sites is 2. The van der Waals surface area contributed by atoms with Crippen molar-refractivity contribution in [2.45, 2.75) is 12.5 Å². The highest BCUT2D eigenvalue weighted by Gasteiger charge is 2.36. The third-order valence-corrected chi connectivity index (χ3v) is 6.15. The number of fused-ring (bicyclic) bond motifs is 4. The van der Waals surface area contributed by atoms with Gasteiger partial charge < -0.3 is 9.88 Å². The first-order valence-corrected chi connectivity index (χ1v) is 10.6. The van der Waals surface area contributed by atoms with Gasteiger partial charge in [0.25, 0.3) is 5.91 Å². The van der Waals surface area contributed by atoms with Gasteiger partial charge in [-0.25, -0.2) is 9.37 Å². The lowest BCUT2D eigenvalue weighted by Gasteiger charge is -2.35. The van der Waals surface area contributed by atoms with Crippen LogP contribution in [0.5, 0.6) is 0 Å². The lowest BCUT2D eigenvalue weighted by atomic mass is 9.94. The number of hydrogen-bond donors (Lipinski definition) is 1. The van der Waals surface area contributed by atoms with Gasteiger partial charge in [-0.2, -0.15) is 0 Å². The van der Waals surface area contributed by atoms with Crippen LogP contribution in [0.2, 0.25) is 0 Å². The number of nitrogens with zero attached hydrogens (tertiary/aromatic N) is 3. The van der Waals surface area contributed by atoms with Crippen molar-refractivity contribution in [2.24, 2.45) is 0 Å². The molecule has 0 aliphatic carbocycles. The van der Waals surface area contributed by atoms with Crippen LogP contribution in [0.25, 0.3) is 21.8 Å². The predicted octanol–water partition coefficient (Wildman–Crippen LogP) is 5.04. The van der Waals surface area contributed by atoms with Crippen molar-refractivity contribution in [3.05, 3.63) is 107 Å². The third-order valence-electron chi connectivity index (χ3n) is 6.15. The second-order valence-corrected chi connectivity index (χ2v) is 7.98. The van der Waals surface area contributed by atoms with E-state index < -0.39 is 5.82 Å². The molecule has 5 aromatic rings. The molecule has 156 valence electrons. The summed E-state index contributed by atoms with van der Waals surface area (Å²) < 4.78 is 14.3. The van der Waals surface area contributed by atoms with E-state index in [2.05, 4.69) is 21.0 Å². The van der Waals surface area contributed by atoms with Crippen LogP contribution in [0.4, 0.5) is 4.39 Å². The van der Waals surface area contributed by atoms with Gasteiger partial charge in [0.15, 0.2) is 0 Å². The van der Waals surface area contributed by atoms with Crippen LogP contribution in [-0.2, 0) is 6.42 Å². The first-order valence-electron chi connectivity index (χ1n) is 10.6. The van der Waals surface area contributed by atoms with E-state index in [9.17, 15) is 9.18 Å². The number of carbonyl (C=O) groups is 1. The fraction of sp³-hybridized carbons (Fsp3) is 0.115. The van der Waals surface area contributed by atoms with E-state index in [0.29, 0.717) is 11.9 Å². The summed E-state index contributed by atoms with van der Waals surface area (Å²) in [7, 11) is 0. The minimum absolute atomic E-state index is 0.205. The molecular weight excluding hydrogens is 403 g/mol. The highest BCUT2D eigenvalue weighted by atomic mass is 19.1. The largest absolute Gasteiger partial charge is 0.356 e. The fourth-order valence-corrected chi connectivity index (χ4v) is 4.68. The molecule has 3 aromatic heterocycles. The number of halogens is 1. The molecule has 6 heteroatoms. The topological polar surface area (TPSA) is 61.9 Å². The summed E-state index contributed by atoms with van der Waals surface area (Å²) in [4.78, 5) is 27.9. The van der Waals surface area contributed by atoms with Gasteiger partial charge in [0.1, 0.15) is 23.1 Å². The molecule has 1 amide bonds. The standard InChI is InChI=1S/C26H19FN4O/c27-19-8-5-6-16-11-12-22(30-23(16)19)26(32)31-15-13-18-17-7-1-2-9-20(17)29-24(18)25(31)21-10-3-4-14-28-21/h1-12,14,25,29H,13,15H2/t25-/m1/s1. The minimum Gasteiger partial charge on any atom is -0.356 e. The first kappa shape index (κ1) is 18.7. The summed E-state index contributed by atoms with van der Waals surface area (Å²) in [5.41, 5.74) is 4.42. The molecule has 2 aromatic carbocycles.